The molecule has 35 nitrogen and oxygen atoms in total. The number of fused-ring (bicyclic) bond motifs is 5. The number of halogens is 3. The molecule has 137 heavy (non-hydrogen) atoms. The van der Waals surface area contributed by atoms with Gasteiger partial charge in [0, 0.05) is 94.3 Å². The number of nitrogens with two attached hydrogens (primary N) is 1. The smallest absolute Gasteiger partial charge is 0.305 e. The molecular formula is C97H119F3N16O19S2. The lowest BCUT2D eigenvalue weighted by Crippen LogP contribution is -2.61. The zero-order chi connectivity index (χ0) is 99.2. The number of likely N-dealkylation sites (N-methyl/N-ethyl adjacent to an activating group) is 3. The van der Waals surface area contributed by atoms with Crippen LogP contribution in [0.5, 0.6) is 11.5 Å². The third-order valence-electron chi connectivity index (χ3n) is 24.7. The lowest BCUT2D eigenvalue weighted by Gasteiger charge is -2.38. The fourth-order valence-corrected chi connectivity index (χ4v) is 19.3. The van der Waals surface area contributed by atoms with Crippen molar-refractivity contribution in [2.75, 3.05) is 57.4 Å². The van der Waals surface area contributed by atoms with Crippen LogP contribution in [0.3, 0.4) is 0 Å². The van der Waals surface area contributed by atoms with Gasteiger partial charge >= 0.3 is 5.97 Å². The number of phenols is 2. The highest BCUT2D eigenvalue weighted by molar-refractivity contribution is 8.00. The van der Waals surface area contributed by atoms with Crippen LogP contribution in [0.2, 0.25) is 0 Å². The number of nitrogens with one attached hydrogen (secondary N) is 10. The molecule has 1 aromatic heterocycles. The molecule has 40 heteroatoms. The summed E-state index contributed by atoms with van der Waals surface area (Å²) < 4.78 is 51.7. The summed E-state index contributed by atoms with van der Waals surface area (Å²) in [5.74, 6) is -21.8. The minimum absolute atomic E-state index is 0.0242. The second-order valence-electron chi connectivity index (χ2n) is 35.7. The molecule has 0 spiro atoms. The zero-order valence-corrected chi connectivity index (χ0v) is 79.0. The molecule has 0 saturated carbocycles. The number of H-pyrrole nitrogens is 1. The lowest BCUT2D eigenvalue weighted by atomic mass is 9.97. The van der Waals surface area contributed by atoms with E-state index >= 15 is 51.9 Å². The van der Waals surface area contributed by atoms with Crippen molar-refractivity contribution >= 4 is 123 Å². The number of amides is 14. The van der Waals surface area contributed by atoms with Crippen molar-refractivity contribution in [3.05, 3.63) is 203 Å². The Balaban J connectivity index is 0.974. The van der Waals surface area contributed by atoms with Crippen LogP contribution < -0.4 is 53.6 Å². The summed E-state index contributed by atoms with van der Waals surface area (Å²) in [6.07, 6.45) is -1.96. The molecule has 4 fully saturated rings. The predicted molar refractivity (Wildman–Crippen MR) is 503 cm³/mol. The molecule has 4 saturated heterocycles. The summed E-state index contributed by atoms with van der Waals surface area (Å²) in [5.41, 5.74) is 8.44. The van der Waals surface area contributed by atoms with E-state index in [0.29, 0.717) is 75.5 Å². The number of carboxylic acids is 1. The number of nitrogens with zero attached hydrogens (tertiary/aromatic N) is 5. The average molecular weight is 1930 g/mol. The average Bonchev–Trinajstić information content (AvgIpc) is 1.61. The first kappa shape index (κ1) is 104. The van der Waals surface area contributed by atoms with Gasteiger partial charge in [0.05, 0.1) is 24.8 Å². The summed E-state index contributed by atoms with van der Waals surface area (Å²) in [5, 5.41) is 56.5. The summed E-state index contributed by atoms with van der Waals surface area (Å²) in [6, 6.07) is 17.9. The fraction of sp³-hybridized carbons (Fsp3) is 0.454. The van der Waals surface area contributed by atoms with Gasteiger partial charge in [0.1, 0.15) is 96.3 Å². The lowest BCUT2D eigenvalue weighted by molar-refractivity contribution is -0.152. The first-order valence-corrected chi connectivity index (χ1v) is 47.8. The normalized spacial score (nSPS) is 24.8. The Kier molecular flexibility index (Phi) is 37.0. The number of unbranched alkanes of at least 4 members (excludes halogenated alkanes) is 1. The van der Waals surface area contributed by atoms with E-state index in [9.17, 15) is 48.5 Å². The topological polar surface area (TPSA) is 496 Å². The van der Waals surface area contributed by atoms with Crippen LogP contribution >= 0.6 is 23.5 Å². The second kappa shape index (κ2) is 48.6. The Morgan fingerprint density at radius 3 is 1.69 bits per heavy atom. The van der Waals surface area contributed by atoms with Gasteiger partial charge in [0.2, 0.25) is 82.7 Å². The monoisotopic (exact) mass is 1930 g/mol. The number of carboxylic acid groups (broad SMARTS) is 1. The van der Waals surface area contributed by atoms with E-state index < -0.39 is 240 Å². The van der Waals surface area contributed by atoms with Crippen LogP contribution in [0.25, 0.3) is 10.9 Å². The Morgan fingerprint density at radius 1 is 0.540 bits per heavy atom. The van der Waals surface area contributed by atoms with Crippen LogP contribution in [0.1, 0.15) is 113 Å². The highest BCUT2D eigenvalue weighted by Crippen LogP contribution is 2.38. The molecule has 734 valence electrons. The summed E-state index contributed by atoms with van der Waals surface area (Å²) in [7, 11) is 3.87. The van der Waals surface area contributed by atoms with Crippen molar-refractivity contribution in [2.45, 2.75) is 209 Å². The van der Waals surface area contributed by atoms with Gasteiger partial charge in [-0.1, -0.05) is 151 Å². The zero-order valence-electron chi connectivity index (χ0n) is 77.3. The number of carbonyl (C=O) groups is 15. The number of aromatic amines is 1. The number of aromatic nitrogens is 1. The van der Waals surface area contributed by atoms with Gasteiger partial charge in [-0.3, -0.25) is 76.8 Å². The third-order valence-corrected chi connectivity index (χ3v) is 26.8. The fourth-order valence-electron chi connectivity index (χ4n) is 17.2. The molecule has 0 bridgehead atoms. The number of carbonyl (C=O) groups excluding carboxylic acids is 14. The number of para-hydroxylation sites is 1. The maximum atomic E-state index is 15.7. The van der Waals surface area contributed by atoms with Crippen molar-refractivity contribution < 1.29 is 105 Å². The van der Waals surface area contributed by atoms with E-state index in [2.05, 4.69) is 52.8 Å². The second-order valence-corrected chi connectivity index (χ2v) is 37.7. The van der Waals surface area contributed by atoms with Crippen LogP contribution in [0.15, 0.2) is 152 Å². The summed E-state index contributed by atoms with van der Waals surface area (Å²) in [4.78, 5) is 233. The molecule has 14 amide bonds. The molecule has 15 N–H and O–H groups in total. The van der Waals surface area contributed by atoms with Crippen molar-refractivity contribution in [3.8, 4) is 11.5 Å². The van der Waals surface area contributed by atoms with E-state index in [1.54, 1.807) is 124 Å². The first-order valence-electron chi connectivity index (χ1n) is 45.5. The number of phenolic OH excluding ortho intramolecular Hbond substituents is 2. The van der Waals surface area contributed by atoms with Gasteiger partial charge in [0.15, 0.2) is 17.5 Å². The van der Waals surface area contributed by atoms with E-state index in [-0.39, 0.29) is 93.0 Å². The molecule has 11 rings (SSSR count). The van der Waals surface area contributed by atoms with Crippen LogP contribution in [0, 0.1) is 29.3 Å². The highest BCUT2D eigenvalue weighted by Gasteiger charge is 2.55. The van der Waals surface area contributed by atoms with Crippen molar-refractivity contribution in [1.29, 1.82) is 0 Å². The molecule has 0 aliphatic carbocycles. The van der Waals surface area contributed by atoms with Crippen LogP contribution in [-0.4, -0.2) is 282 Å². The standard InChI is InChI=1S/C97H119F3N16O19S2/c1-9-10-26-75-95(133)115-36-19-27-74(115)90(128)109-71(46-81(121)122)89(127)111-83(54(4)5)96(134)113(7)76(43-55-20-13-11-14-21-55)91(129)105-67(40-57-28-32-61(117)33-29-57)84-97(135-84)116-52-137-50-78(116)92(130)108-70(45-60-47-102-66-25-18-17-24-63(60)66)88(126)107-69(41-58-30-34-62(118)35-31-58)87(125)106-68(37-53(2)3)86(124)110-73(85(123)103-48-79(101)119)49-136-51-80(120)104-72(42-59-38-64(98)82(100)65(99)39-59)93(131)114(8)77(94(132)112(75)6)44-56-22-15-12-16-23-56/h11-18,20-25,28-35,38-39,47,53-54,67-78,83-84,97,102,117-118H,9-10,19,26-27,36-37,40-46,48-52H2,1-8H3,(H2,101,119)(H,103,123)(H,104,120)(H,105,129)(H,106,125)(H,107,126)(H,108,130)(H,109,128)(H,110,124)(H,111,127)(H,121,122)/t67-,68-,69-,70-,71-,72-,73-,74+,75-,76?,77?,78?,83-,84?,97?/m0/s1. The third kappa shape index (κ3) is 28.3. The van der Waals surface area contributed by atoms with E-state index in [1.807, 2.05) is 19.1 Å². The highest BCUT2D eigenvalue weighted by atomic mass is 32.2. The van der Waals surface area contributed by atoms with Gasteiger partial charge in [-0.05, 0) is 120 Å². The summed E-state index contributed by atoms with van der Waals surface area (Å²) >= 11 is 2.06. The number of aromatic hydroxyl groups is 2. The number of thioether (sulfide) groups is 2. The Morgan fingerprint density at radius 2 is 1.08 bits per heavy atom. The molecule has 15 atom stereocenters. The number of benzene rings is 6. The molecule has 4 aliphatic heterocycles. The van der Waals surface area contributed by atoms with Gasteiger partial charge in [-0.2, -0.15) is 0 Å². The Bertz CT molecular complexity index is 5480. The number of aliphatic carboxylic acids is 1. The van der Waals surface area contributed by atoms with E-state index in [0.717, 1.165) is 14.7 Å². The van der Waals surface area contributed by atoms with E-state index in [1.165, 1.54) is 74.2 Å². The largest absolute Gasteiger partial charge is 0.508 e. The minimum atomic E-state index is -1.91. The van der Waals surface area contributed by atoms with Crippen molar-refractivity contribution in [3.63, 3.8) is 0 Å². The van der Waals surface area contributed by atoms with Crippen molar-refractivity contribution in [1.82, 2.24) is 77.3 Å². The van der Waals surface area contributed by atoms with Crippen molar-refractivity contribution in [2.24, 2.45) is 17.6 Å². The van der Waals surface area contributed by atoms with Gasteiger partial charge < -0.3 is 98.2 Å². The molecule has 6 aromatic carbocycles. The van der Waals surface area contributed by atoms with Gasteiger partial charge in [0.25, 0.3) is 0 Å². The first-order chi connectivity index (χ1) is 65.3. The van der Waals surface area contributed by atoms with Crippen LogP contribution in [0.4, 0.5) is 13.2 Å². The SMILES string of the molecule is CCCC[C@H]1C(=O)N2CCC[C@@H]2C(=O)N[C@@H](CC(=O)O)C(=O)N[C@@H](C(C)C)C(=O)N(C)C(Cc2ccccc2)C(=O)N[C@@H](Cc2ccc(O)cc2)C2OC2N2CSCC2C(=O)N[C@@H](Cc2c[nH]c3ccccc23)C(=O)N[C@@H](Cc2ccc(O)cc2)C(=O)N[C@@H](CC(C)C)C(=O)N[C@H](C(=O)NCC(N)=O)CSCC(=O)N[C@@H](Cc2cc(F)c(F)c(F)c2)C(=O)N(C)C(Cc2ccccc2)C(=O)N1C. The maximum absolute atomic E-state index is 15.7. The number of hydrogen-bond donors (Lipinski definition) is 14. The van der Waals surface area contributed by atoms with Crippen LogP contribution in [-0.2, 0) is 115 Å². The predicted octanol–water partition coefficient (Wildman–Crippen LogP) is 3.92. The van der Waals surface area contributed by atoms with E-state index in [4.69, 9.17) is 10.5 Å². The maximum Gasteiger partial charge on any atom is 0.305 e. The number of ether oxygens (including phenoxy) is 1. The molecule has 5 heterocycles. The minimum Gasteiger partial charge on any atom is -0.508 e. The van der Waals surface area contributed by atoms with Gasteiger partial charge in [-0.25, -0.2) is 13.2 Å². The Hall–Kier alpha value is -13.1. The number of rotatable bonds is 23. The molecule has 7 aromatic rings. The quantitative estimate of drug-likeness (QED) is 0.0319. The number of primary amides is 1. The van der Waals surface area contributed by atoms with Gasteiger partial charge in [-0.15, -0.1) is 23.5 Å². The molecule has 4 aliphatic rings. The molecule has 5 unspecified atom stereocenters. The Labute approximate surface area is 799 Å². The summed E-state index contributed by atoms with van der Waals surface area (Å²) in [6.45, 7) is 7.63. The number of hydrogen-bond acceptors (Lipinski definition) is 21. The number of epoxide rings is 1. The molecular weight excluding hydrogens is 1810 g/mol. The molecule has 0 radical (unpaired) electrons.